The van der Waals surface area contributed by atoms with Crippen LogP contribution in [0.2, 0.25) is 0 Å². The Labute approximate surface area is 125 Å². The summed E-state index contributed by atoms with van der Waals surface area (Å²) in [4.78, 5) is 14.9. The van der Waals surface area contributed by atoms with E-state index in [0.29, 0.717) is 30.2 Å². The molecule has 1 aliphatic heterocycles. The van der Waals surface area contributed by atoms with Gasteiger partial charge in [0, 0.05) is 18.3 Å². The van der Waals surface area contributed by atoms with Crippen molar-refractivity contribution in [3.05, 3.63) is 23.8 Å². The van der Waals surface area contributed by atoms with Gasteiger partial charge >= 0.3 is 0 Å². The van der Waals surface area contributed by atoms with Gasteiger partial charge in [-0.2, -0.15) is 0 Å². The van der Waals surface area contributed by atoms with E-state index in [1.807, 2.05) is 4.90 Å². The number of hydrogen-bond donors (Lipinski definition) is 1. The van der Waals surface area contributed by atoms with Crippen molar-refractivity contribution in [2.24, 2.45) is 0 Å². The third kappa shape index (κ3) is 2.70. The lowest BCUT2D eigenvalue weighted by Gasteiger charge is -2.43. The minimum Gasteiger partial charge on any atom is -0.496 e. The molecular formula is C16H22N2O3. The van der Waals surface area contributed by atoms with Crippen molar-refractivity contribution < 1.29 is 14.3 Å². The number of anilines is 1. The number of hydrogen-bond acceptors (Lipinski definition) is 4. The van der Waals surface area contributed by atoms with Gasteiger partial charge in [-0.25, -0.2) is 0 Å². The van der Waals surface area contributed by atoms with Crippen LogP contribution in [0.4, 0.5) is 5.69 Å². The van der Waals surface area contributed by atoms with Gasteiger partial charge in [-0.15, -0.1) is 0 Å². The maximum Gasteiger partial charge on any atom is 0.258 e. The van der Waals surface area contributed by atoms with Gasteiger partial charge in [0.05, 0.1) is 31.4 Å². The Morgan fingerprint density at radius 1 is 1.38 bits per heavy atom. The number of carbonyl (C=O) groups is 1. The van der Waals surface area contributed by atoms with E-state index in [1.54, 1.807) is 25.3 Å². The highest BCUT2D eigenvalue weighted by atomic mass is 16.5. The van der Waals surface area contributed by atoms with E-state index in [4.69, 9.17) is 15.2 Å². The van der Waals surface area contributed by atoms with Crippen LogP contribution in [0.3, 0.4) is 0 Å². The van der Waals surface area contributed by atoms with Crippen LogP contribution >= 0.6 is 0 Å². The zero-order valence-corrected chi connectivity index (χ0v) is 12.4. The molecule has 0 aromatic heterocycles. The molecule has 1 amide bonds. The van der Waals surface area contributed by atoms with E-state index in [2.05, 4.69) is 0 Å². The first kappa shape index (κ1) is 14.2. The smallest absolute Gasteiger partial charge is 0.258 e. The molecule has 0 radical (unpaired) electrons. The number of amides is 1. The number of benzene rings is 1. The van der Waals surface area contributed by atoms with E-state index in [1.165, 1.54) is 6.42 Å². The quantitative estimate of drug-likeness (QED) is 0.847. The first-order chi connectivity index (χ1) is 10.2. The Kier molecular flexibility index (Phi) is 4.01. The van der Waals surface area contributed by atoms with Crippen LogP contribution in [0, 0.1) is 0 Å². The number of rotatable bonds is 2. The molecule has 5 heteroatoms. The van der Waals surface area contributed by atoms with Crippen LogP contribution in [0.1, 0.15) is 36.0 Å². The monoisotopic (exact) mass is 290 g/mol. The number of methoxy groups -OCH3 is 1. The molecular weight excluding hydrogens is 268 g/mol. The molecule has 2 aliphatic rings. The molecule has 1 heterocycles. The first-order valence-electron chi connectivity index (χ1n) is 7.57. The van der Waals surface area contributed by atoms with Gasteiger partial charge in [-0.05, 0) is 25.0 Å². The summed E-state index contributed by atoms with van der Waals surface area (Å²) in [5.74, 6) is 0.561. The lowest BCUT2D eigenvalue weighted by Crippen LogP contribution is -2.54. The number of nitrogens with two attached hydrogens (primary N) is 1. The summed E-state index contributed by atoms with van der Waals surface area (Å²) in [7, 11) is 1.56. The van der Waals surface area contributed by atoms with Gasteiger partial charge in [0.2, 0.25) is 0 Å². The molecule has 1 aromatic rings. The van der Waals surface area contributed by atoms with Gasteiger partial charge in [0.15, 0.2) is 0 Å². The number of ether oxygens (including phenoxy) is 2. The molecule has 2 unspecified atom stereocenters. The number of fused-ring (bicyclic) bond motifs is 1. The van der Waals surface area contributed by atoms with Crippen LogP contribution in [-0.2, 0) is 4.74 Å². The van der Waals surface area contributed by atoms with Crippen LogP contribution in [0.15, 0.2) is 18.2 Å². The second-order valence-electron chi connectivity index (χ2n) is 5.72. The van der Waals surface area contributed by atoms with E-state index >= 15 is 0 Å². The molecule has 0 spiro atoms. The molecule has 2 N–H and O–H groups in total. The maximum atomic E-state index is 12.9. The predicted molar refractivity (Wildman–Crippen MR) is 80.4 cm³/mol. The fourth-order valence-electron chi connectivity index (χ4n) is 3.39. The van der Waals surface area contributed by atoms with E-state index in [0.717, 1.165) is 19.3 Å². The Bertz CT molecular complexity index is 530. The molecule has 114 valence electrons. The Morgan fingerprint density at radius 3 is 3.00 bits per heavy atom. The lowest BCUT2D eigenvalue weighted by molar-refractivity contribution is -0.0753. The number of nitrogen functional groups attached to an aromatic ring is 1. The summed E-state index contributed by atoms with van der Waals surface area (Å²) in [6.07, 6.45) is 4.61. The summed E-state index contributed by atoms with van der Waals surface area (Å²) in [6.45, 7) is 1.26. The molecule has 21 heavy (non-hydrogen) atoms. The zero-order valence-electron chi connectivity index (χ0n) is 12.4. The maximum absolute atomic E-state index is 12.9. The molecule has 1 aromatic carbocycles. The number of morpholine rings is 1. The summed E-state index contributed by atoms with van der Waals surface area (Å²) >= 11 is 0. The minimum atomic E-state index is 0.0204. The summed E-state index contributed by atoms with van der Waals surface area (Å²) in [5.41, 5.74) is 6.94. The second-order valence-corrected chi connectivity index (χ2v) is 5.72. The average Bonchev–Trinajstić information content (AvgIpc) is 2.53. The zero-order chi connectivity index (χ0) is 14.8. The van der Waals surface area contributed by atoms with Gasteiger partial charge in [0.25, 0.3) is 5.91 Å². The van der Waals surface area contributed by atoms with Crippen molar-refractivity contribution in [2.45, 2.75) is 37.8 Å². The molecule has 0 bridgehead atoms. The molecule has 1 aliphatic carbocycles. The van der Waals surface area contributed by atoms with Crippen molar-refractivity contribution in [2.75, 3.05) is 26.0 Å². The Balaban J connectivity index is 1.87. The van der Waals surface area contributed by atoms with E-state index in [-0.39, 0.29) is 18.1 Å². The van der Waals surface area contributed by atoms with Crippen molar-refractivity contribution in [1.29, 1.82) is 0 Å². The van der Waals surface area contributed by atoms with Crippen molar-refractivity contribution >= 4 is 11.6 Å². The topological polar surface area (TPSA) is 64.8 Å². The Morgan fingerprint density at radius 2 is 2.19 bits per heavy atom. The lowest BCUT2D eigenvalue weighted by atomic mass is 9.89. The van der Waals surface area contributed by atoms with Crippen molar-refractivity contribution in [3.8, 4) is 5.75 Å². The minimum absolute atomic E-state index is 0.0204. The fourth-order valence-corrected chi connectivity index (χ4v) is 3.39. The SMILES string of the molecule is COc1cc(N)ccc1C(=O)N1CCOC2CCCCC21. The number of carbonyl (C=O) groups excluding carboxylic acids is 1. The molecule has 1 saturated heterocycles. The van der Waals surface area contributed by atoms with Crippen LogP contribution in [-0.4, -0.2) is 43.2 Å². The molecule has 2 fully saturated rings. The summed E-state index contributed by atoms with van der Waals surface area (Å²) in [5, 5.41) is 0. The van der Waals surface area contributed by atoms with E-state index < -0.39 is 0 Å². The second kappa shape index (κ2) is 5.93. The largest absolute Gasteiger partial charge is 0.496 e. The third-order valence-corrected chi connectivity index (χ3v) is 4.45. The highest BCUT2D eigenvalue weighted by Crippen LogP contribution is 2.31. The first-order valence-corrected chi connectivity index (χ1v) is 7.57. The van der Waals surface area contributed by atoms with E-state index in [9.17, 15) is 4.79 Å². The van der Waals surface area contributed by atoms with Gasteiger partial charge in [0.1, 0.15) is 5.75 Å². The fraction of sp³-hybridized carbons (Fsp3) is 0.562. The Hall–Kier alpha value is -1.75. The molecule has 3 rings (SSSR count). The van der Waals surface area contributed by atoms with Gasteiger partial charge in [-0.1, -0.05) is 12.8 Å². The standard InChI is InChI=1S/C16H22N2O3/c1-20-15-10-11(17)6-7-12(15)16(19)18-8-9-21-14-5-3-2-4-13(14)18/h6-7,10,13-14H,2-5,8-9,17H2,1H3. The average molecular weight is 290 g/mol. The molecule has 2 atom stereocenters. The highest BCUT2D eigenvalue weighted by molar-refractivity contribution is 5.97. The van der Waals surface area contributed by atoms with Crippen LogP contribution in [0.25, 0.3) is 0 Å². The summed E-state index contributed by atoms with van der Waals surface area (Å²) in [6, 6.07) is 5.40. The van der Waals surface area contributed by atoms with Crippen molar-refractivity contribution in [3.63, 3.8) is 0 Å². The summed E-state index contributed by atoms with van der Waals surface area (Å²) < 4.78 is 11.1. The predicted octanol–water partition coefficient (Wildman–Crippen LogP) is 2.06. The third-order valence-electron chi connectivity index (χ3n) is 4.45. The van der Waals surface area contributed by atoms with Crippen molar-refractivity contribution in [1.82, 2.24) is 4.90 Å². The van der Waals surface area contributed by atoms with Crippen LogP contribution < -0.4 is 10.5 Å². The molecule has 1 saturated carbocycles. The van der Waals surface area contributed by atoms with Gasteiger partial charge < -0.3 is 20.1 Å². The van der Waals surface area contributed by atoms with Gasteiger partial charge in [-0.3, -0.25) is 4.79 Å². The molecule has 5 nitrogen and oxygen atoms in total. The highest BCUT2D eigenvalue weighted by Gasteiger charge is 2.37. The van der Waals surface area contributed by atoms with Crippen LogP contribution in [0.5, 0.6) is 5.75 Å². The normalized spacial score (nSPS) is 25.3. The number of nitrogens with zero attached hydrogens (tertiary/aromatic N) is 1.